The van der Waals surface area contributed by atoms with Crippen LogP contribution in [0.5, 0.6) is 0 Å². The van der Waals surface area contributed by atoms with E-state index in [1.54, 1.807) is 6.20 Å². The number of fused-ring (bicyclic) bond motifs is 1. The van der Waals surface area contributed by atoms with Crippen LogP contribution < -0.4 is 5.32 Å². The van der Waals surface area contributed by atoms with Gasteiger partial charge in [-0.05, 0) is 12.1 Å². The summed E-state index contributed by atoms with van der Waals surface area (Å²) in [5, 5.41) is 10.0. The van der Waals surface area contributed by atoms with Gasteiger partial charge in [0.1, 0.15) is 0 Å². The number of para-hydroxylation sites is 1. The van der Waals surface area contributed by atoms with E-state index >= 15 is 0 Å². The van der Waals surface area contributed by atoms with E-state index in [4.69, 9.17) is 0 Å². The molecule has 0 saturated heterocycles. The summed E-state index contributed by atoms with van der Waals surface area (Å²) in [7, 11) is 0. The van der Waals surface area contributed by atoms with Gasteiger partial charge in [0.25, 0.3) is 5.91 Å². The quantitative estimate of drug-likeness (QED) is 0.708. The van der Waals surface area contributed by atoms with Gasteiger partial charge in [0.15, 0.2) is 0 Å². The molecule has 2 N–H and O–H groups in total. The van der Waals surface area contributed by atoms with Crippen LogP contribution in [0.25, 0.3) is 22.9 Å². The average Bonchev–Trinajstić information content (AvgIpc) is 3.14. The maximum atomic E-state index is 12.2. The molecule has 1 aliphatic rings. The van der Waals surface area contributed by atoms with Gasteiger partial charge in [-0.15, -0.1) is 0 Å². The number of rotatable bonds is 2. The number of hydrogen-bond acceptors (Lipinski definition) is 2. The molecule has 1 aromatic heterocycles. The normalized spacial score (nSPS) is 14.9. The van der Waals surface area contributed by atoms with E-state index in [2.05, 4.69) is 15.5 Å². The zero-order valence-electron chi connectivity index (χ0n) is 11.7. The number of nitrogens with zero attached hydrogens (tertiary/aromatic N) is 1. The van der Waals surface area contributed by atoms with E-state index in [1.165, 1.54) is 0 Å². The highest BCUT2D eigenvalue weighted by Gasteiger charge is 2.23. The van der Waals surface area contributed by atoms with Crippen molar-refractivity contribution in [2.75, 3.05) is 5.32 Å². The van der Waals surface area contributed by atoms with Gasteiger partial charge in [-0.2, -0.15) is 5.10 Å². The predicted molar refractivity (Wildman–Crippen MR) is 87.0 cm³/mol. The molecule has 0 spiro atoms. The van der Waals surface area contributed by atoms with Crippen LogP contribution in [0.1, 0.15) is 11.1 Å². The van der Waals surface area contributed by atoms with E-state index < -0.39 is 0 Å². The summed E-state index contributed by atoms with van der Waals surface area (Å²) in [4.78, 5) is 12.2. The lowest BCUT2D eigenvalue weighted by molar-refractivity contribution is -0.110. The minimum atomic E-state index is -0.0820. The van der Waals surface area contributed by atoms with Crippen molar-refractivity contribution in [2.24, 2.45) is 0 Å². The molecule has 4 nitrogen and oxygen atoms in total. The predicted octanol–water partition coefficient (Wildman–Crippen LogP) is 3.57. The zero-order valence-corrected chi connectivity index (χ0v) is 11.7. The summed E-state index contributed by atoms with van der Waals surface area (Å²) >= 11 is 0. The Morgan fingerprint density at radius 3 is 2.59 bits per heavy atom. The smallest absolute Gasteiger partial charge is 0.256 e. The number of anilines is 1. The van der Waals surface area contributed by atoms with Crippen molar-refractivity contribution in [1.82, 2.24) is 10.2 Å². The number of amides is 1. The first-order chi connectivity index (χ1) is 10.8. The molecule has 0 fully saturated rings. The molecule has 1 amide bonds. The molecular weight excluding hydrogens is 274 g/mol. The zero-order chi connectivity index (χ0) is 14.9. The van der Waals surface area contributed by atoms with E-state index in [0.717, 1.165) is 28.1 Å². The van der Waals surface area contributed by atoms with Crippen molar-refractivity contribution >= 4 is 23.2 Å². The van der Waals surface area contributed by atoms with E-state index in [9.17, 15) is 4.79 Å². The summed E-state index contributed by atoms with van der Waals surface area (Å²) in [5.74, 6) is -0.0820. The third-order valence-corrected chi connectivity index (χ3v) is 3.74. The summed E-state index contributed by atoms with van der Waals surface area (Å²) in [6.45, 7) is 0. The van der Waals surface area contributed by atoms with Crippen LogP contribution in [0, 0.1) is 0 Å². The van der Waals surface area contributed by atoms with Gasteiger partial charge < -0.3 is 5.32 Å². The number of carbonyl (C=O) groups is 1. The molecule has 0 atom stereocenters. The molecule has 22 heavy (non-hydrogen) atoms. The van der Waals surface area contributed by atoms with Crippen molar-refractivity contribution in [2.45, 2.75) is 0 Å². The Balaban J connectivity index is 1.82. The van der Waals surface area contributed by atoms with Crippen LogP contribution >= 0.6 is 0 Å². The molecule has 2 heterocycles. The third kappa shape index (κ3) is 2.02. The minimum Gasteiger partial charge on any atom is -0.321 e. The Morgan fingerprint density at radius 1 is 0.955 bits per heavy atom. The first-order valence-electron chi connectivity index (χ1n) is 7.04. The molecule has 0 saturated carbocycles. The van der Waals surface area contributed by atoms with Gasteiger partial charge >= 0.3 is 0 Å². The molecule has 0 unspecified atom stereocenters. The molecule has 106 valence electrons. The van der Waals surface area contributed by atoms with Gasteiger partial charge in [0, 0.05) is 28.0 Å². The number of H-pyrrole nitrogens is 1. The van der Waals surface area contributed by atoms with E-state index in [-0.39, 0.29) is 5.91 Å². The van der Waals surface area contributed by atoms with Gasteiger partial charge in [0.05, 0.1) is 11.9 Å². The lowest BCUT2D eigenvalue weighted by atomic mass is 10.0. The fourth-order valence-electron chi connectivity index (χ4n) is 2.68. The van der Waals surface area contributed by atoms with E-state index in [1.807, 2.05) is 60.7 Å². The maximum absolute atomic E-state index is 12.2. The van der Waals surface area contributed by atoms with Gasteiger partial charge in [-0.3, -0.25) is 9.89 Å². The topological polar surface area (TPSA) is 57.8 Å². The highest BCUT2D eigenvalue weighted by atomic mass is 16.2. The first kappa shape index (κ1) is 12.6. The minimum absolute atomic E-state index is 0.0820. The largest absolute Gasteiger partial charge is 0.321 e. The average molecular weight is 287 g/mol. The van der Waals surface area contributed by atoms with Crippen LogP contribution in [0.3, 0.4) is 0 Å². The van der Waals surface area contributed by atoms with Crippen molar-refractivity contribution < 1.29 is 4.79 Å². The van der Waals surface area contributed by atoms with Crippen LogP contribution in [0.4, 0.5) is 5.69 Å². The third-order valence-electron chi connectivity index (χ3n) is 3.74. The first-order valence-corrected chi connectivity index (χ1v) is 7.04. The van der Waals surface area contributed by atoms with Crippen LogP contribution in [-0.2, 0) is 4.79 Å². The summed E-state index contributed by atoms with van der Waals surface area (Å²) < 4.78 is 0. The maximum Gasteiger partial charge on any atom is 0.256 e. The van der Waals surface area contributed by atoms with Crippen molar-refractivity contribution in [3.8, 4) is 11.3 Å². The second-order valence-electron chi connectivity index (χ2n) is 5.12. The molecular formula is C18H13N3O. The molecule has 4 heteroatoms. The summed E-state index contributed by atoms with van der Waals surface area (Å²) in [6, 6.07) is 17.6. The number of aromatic nitrogens is 2. The van der Waals surface area contributed by atoms with Crippen LogP contribution in [0.2, 0.25) is 0 Å². The van der Waals surface area contributed by atoms with Gasteiger partial charge in [0.2, 0.25) is 0 Å². The van der Waals surface area contributed by atoms with Gasteiger partial charge in [-0.25, -0.2) is 0 Å². The van der Waals surface area contributed by atoms with Crippen LogP contribution in [0.15, 0.2) is 60.8 Å². The summed E-state index contributed by atoms with van der Waals surface area (Å²) in [6.07, 6.45) is 3.62. The van der Waals surface area contributed by atoms with Crippen molar-refractivity contribution in [1.29, 1.82) is 0 Å². The standard InChI is InChI=1S/C18H13N3O/c22-18-15(14-8-4-5-9-16(14)20-18)10-13-11-19-21-17(13)12-6-2-1-3-7-12/h1-11H,(H,19,21)(H,20,22). The number of aromatic amines is 1. The van der Waals surface area contributed by atoms with Gasteiger partial charge in [-0.1, -0.05) is 48.5 Å². The molecule has 3 aromatic rings. The monoisotopic (exact) mass is 287 g/mol. The Bertz CT molecular complexity index is 878. The lowest BCUT2D eigenvalue weighted by Gasteiger charge is -2.01. The Hall–Kier alpha value is -3.14. The molecule has 0 aliphatic carbocycles. The second kappa shape index (κ2) is 5.00. The number of nitrogens with one attached hydrogen (secondary N) is 2. The second-order valence-corrected chi connectivity index (χ2v) is 5.12. The van der Waals surface area contributed by atoms with Crippen LogP contribution in [-0.4, -0.2) is 16.1 Å². The highest BCUT2D eigenvalue weighted by Crippen LogP contribution is 2.34. The molecule has 2 aromatic carbocycles. The number of hydrogen-bond donors (Lipinski definition) is 2. The fourth-order valence-corrected chi connectivity index (χ4v) is 2.68. The molecule has 4 rings (SSSR count). The summed E-state index contributed by atoms with van der Waals surface area (Å²) in [5.41, 5.74) is 5.28. The Morgan fingerprint density at radius 2 is 1.73 bits per heavy atom. The highest BCUT2D eigenvalue weighted by molar-refractivity contribution is 6.35. The van der Waals surface area contributed by atoms with E-state index in [0.29, 0.717) is 5.57 Å². The fraction of sp³-hybridized carbons (Fsp3) is 0. The molecule has 0 radical (unpaired) electrons. The molecule has 0 bridgehead atoms. The Labute approximate surface area is 127 Å². The lowest BCUT2D eigenvalue weighted by Crippen LogP contribution is -2.03. The SMILES string of the molecule is O=C1Nc2ccccc2C1=Cc1cn[nH]c1-c1ccccc1. The number of carbonyl (C=O) groups excluding carboxylic acids is 1. The number of benzene rings is 2. The molecule has 1 aliphatic heterocycles. The van der Waals surface area contributed by atoms with Crippen molar-refractivity contribution in [3.05, 3.63) is 71.9 Å². The van der Waals surface area contributed by atoms with Crippen molar-refractivity contribution in [3.63, 3.8) is 0 Å². The Kier molecular flexibility index (Phi) is 2.86.